The molecule has 2 heterocycles. The van der Waals surface area contributed by atoms with E-state index in [0.717, 1.165) is 10.2 Å². The first-order valence-electron chi connectivity index (χ1n) is 8.87. The van der Waals surface area contributed by atoms with Crippen LogP contribution in [0.1, 0.15) is 10.4 Å². The second kappa shape index (κ2) is 7.53. The van der Waals surface area contributed by atoms with Crippen molar-refractivity contribution in [3.63, 3.8) is 0 Å². The van der Waals surface area contributed by atoms with Crippen LogP contribution in [-0.2, 0) is 0 Å². The fourth-order valence-electron chi connectivity index (χ4n) is 2.93. The molecule has 0 saturated heterocycles. The average Bonchev–Trinajstić information content (AvgIpc) is 3.12. The number of benzene rings is 2. The molecular weight excluding hydrogens is 374 g/mol. The van der Waals surface area contributed by atoms with Crippen LogP contribution in [0.25, 0.3) is 21.2 Å². The van der Waals surface area contributed by atoms with E-state index >= 15 is 0 Å². The van der Waals surface area contributed by atoms with Crippen molar-refractivity contribution in [3.8, 4) is 0 Å². The number of aromatic nitrogens is 1. The number of anilines is 1. The van der Waals surface area contributed by atoms with Gasteiger partial charge in [0.2, 0.25) is 5.43 Å². The van der Waals surface area contributed by atoms with Crippen LogP contribution in [0.2, 0.25) is 0 Å². The molecule has 0 N–H and O–H groups in total. The maximum absolute atomic E-state index is 13.3. The molecule has 2 aromatic heterocycles. The van der Waals surface area contributed by atoms with Crippen molar-refractivity contribution in [3.05, 3.63) is 70.6 Å². The lowest BCUT2D eigenvalue weighted by Crippen LogP contribution is -2.38. The summed E-state index contributed by atoms with van der Waals surface area (Å²) in [5.74, 6) is -0.402. The number of likely N-dealkylation sites (N-methyl/N-ethyl adjacent to an activating group) is 1. The maximum atomic E-state index is 13.3. The number of rotatable bonds is 5. The van der Waals surface area contributed by atoms with E-state index in [4.69, 9.17) is 4.42 Å². The Kier molecular flexibility index (Phi) is 4.93. The molecule has 0 atom stereocenters. The van der Waals surface area contributed by atoms with Crippen LogP contribution in [0.4, 0.5) is 5.13 Å². The van der Waals surface area contributed by atoms with Crippen molar-refractivity contribution in [2.24, 2.45) is 0 Å². The van der Waals surface area contributed by atoms with E-state index in [0.29, 0.717) is 29.2 Å². The topological polar surface area (TPSA) is 66.7 Å². The van der Waals surface area contributed by atoms with Crippen molar-refractivity contribution in [1.29, 1.82) is 0 Å². The lowest BCUT2D eigenvalue weighted by molar-refractivity contribution is 0.0982. The highest BCUT2D eigenvalue weighted by atomic mass is 32.1. The molecule has 2 aromatic carbocycles. The fourth-order valence-corrected chi connectivity index (χ4v) is 3.92. The molecule has 0 saturated carbocycles. The molecule has 0 fully saturated rings. The number of amides is 1. The van der Waals surface area contributed by atoms with Gasteiger partial charge in [0.15, 0.2) is 5.13 Å². The van der Waals surface area contributed by atoms with E-state index in [1.165, 1.54) is 17.6 Å². The van der Waals surface area contributed by atoms with E-state index in [2.05, 4.69) is 4.98 Å². The molecule has 4 rings (SSSR count). The predicted molar refractivity (Wildman–Crippen MR) is 112 cm³/mol. The summed E-state index contributed by atoms with van der Waals surface area (Å²) in [7, 11) is 3.87. The Morgan fingerprint density at radius 3 is 2.61 bits per heavy atom. The smallest absolute Gasteiger partial charge is 0.267 e. The van der Waals surface area contributed by atoms with Crippen LogP contribution in [-0.4, -0.2) is 43.0 Å². The molecule has 7 heteroatoms. The van der Waals surface area contributed by atoms with Gasteiger partial charge in [-0.05, 0) is 38.4 Å². The Labute approximate surface area is 165 Å². The number of nitrogens with zero attached hydrogens (tertiary/aromatic N) is 3. The van der Waals surface area contributed by atoms with Crippen LogP contribution in [0, 0.1) is 0 Å². The zero-order chi connectivity index (χ0) is 19.7. The summed E-state index contributed by atoms with van der Waals surface area (Å²) in [4.78, 5) is 34.3. The van der Waals surface area contributed by atoms with Crippen LogP contribution >= 0.6 is 11.3 Å². The molecule has 1 amide bonds. The van der Waals surface area contributed by atoms with Crippen molar-refractivity contribution >= 4 is 43.6 Å². The van der Waals surface area contributed by atoms with Gasteiger partial charge in [0.05, 0.1) is 15.6 Å². The van der Waals surface area contributed by atoms with E-state index in [1.54, 1.807) is 29.2 Å². The minimum atomic E-state index is -0.402. The molecule has 0 aliphatic carbocycles. The van der Waals surface area contributed by atoms with Gasteiger partial charge in [-0.1, -0.05) is 35.6 Å². The monoisotopic (exact) mass is 393 g/mol. The molecule has 6 nitrogen and oxygen atoms in total. The van der Waals surface area contributed by atoms with Gasteiger partial charge in [-0.2, -0.15) is 0 Å². The zero-order valence-electron chi connectivity index (χ0n) is 15.6. The van der Waals surface area contributed by atoms with Crippen LogP contribution in [0.3, 0.4) is 0 Å². The molecule has 0 radical (unpaired) electrons. The normalized spacial score (nSPS) is 11.4. The van der Waals surface area contributed by atoms with Crippen molar-refractivity contribution in [2.75, 3.05) is 32.1 Å². The number of carbonyl (C=O) groups is 1. The number of thiazole rings is 1. The Morgan fingerprint density at radius 2 is 1.82 bits per heavy atom. The highest BCUT2D eigenvalue weighted by molar-refractivity contribution is 7.22. The van der Waals surface area contributed by atoms with Gasteiger partial charge in [-0.3, -0.25) is 14.5 Å². The van der Waals surface area contributed by atoms with Crippen molar-refractivity contribution in [1.82, 2.24) is 9.88 Å². The lowest BCUT2D eigenvalue weighted by atomic mass is 10.1. The first-order valence-corrected chi connectivity index (χ1v) is 9.69. The largest absolute Gasteiger partial charge is 0.463 e. The highest BCUT2D eigenvalue weighted by Gasteiger charge is 2.25. The molecule has 4 aromatic rings. The fraction of sp³-hybridized carbons (Fsp3) is 0.190. The summed E-state index contributed by atoms with van der Waals surface area (Å²) in [6, 6.07) is 14.7. The van der Waals surface area contributed by atoms with Gasteiger partial charge in [-0.25, -0.2) is 4.98 Å². The number of carbonyl (C=O) groups excluding carboxylic acids is 1. The van der Waals surface area contributed by atoms with Gasteiger partial charge in [0, 0.05) is 13.1 Å². The predicted octanol–water partition coefficient (Wildman–Crippen LogP) is 3.61. The molecule has 0 unspecified atom stereocenters. The molecule has 0 aliphatic heterocycles. The summed E-state index contributed by atoms with van der Waals surface area (Å²) in [5.41, 5.74) is 0.971. The minimum absolute atomic E-state index is 0.0108. The van der Waals surface area contributed by atoms with Gasteiger partial charge in [-0.15, -0.1) is 0 Å². The highest BCUT2D eigenvalue weighted by Crippen LogP contribution is 2.29. The maximum Gasteiger partial charge on any atom is 0.267 e. The number of fused-ring (bicyclic) bond motifs is 2. The van der Waals surface area contributed by atoms with E-state index in [1.807, 2.05) is 43.3 Å². The van der Waals surface area contributed by atoms with Crippen LogP contribution < -0.4 is 10.3 Å². The van der Waals surface area contributed by atoms with Crippen molar-refractivity contribution < 1.29 is 9.21 Å². The number of para-hydroxylation sites is 2. The van der Waals surface area contributed by atoms with Crippen molar-refractivity contribution in [2.45, 2.75) is 0 Å². The summed E-state index contributed by atoms with van der Waals surface area (Å²) in [6.45, 7) is 1.05. The third-order valence-corrected chi connectivity index (χ3v) is 5.50. The standard InChI is InChI=1S/C21H19N3O3S/c1-23(2)11-12-24(21-22-16-8-4-6-10-18(16)28-21)20(26)15-13-27-17-9-5-3-7-14(17)19(15)25/h3-10,13H,11-12H2,1-2H3. The molecule has 28 heavy (non-hydrogen) atoms. The third-order valence-electron chi connectivity index (χ3n) is 4.44. The Hall–Kier alpha value is -3.03. The number of hydrogen-bond donors (Lipinski definition) is 0. The van der Waals surface area contributed by atoms with Gasteiger partial charge < -0.3 is 9.32 Å². The molecule has 0 aliphatic rings. The quantitative estimate of drug-likeness (QED) is 0.518. The van der Waals surface area contributed by atoms with Gasteiger partial charge >= 0.3 is 0 Å². The molecule has 142 valence electrons. The van der Waals surface area contributed by atoms with E-state index in [9.17, 15) is 9.59 Å². The summed E-state index contributed by atoms with van der Waals surface area (Å²) >= 11 is 1.43. The third kappa shape index (κ3) is 3.42. The summed E-state index contributed by atoms with van der Waals surface area (Å²) in [6.07, 6.45) is 1.25. The van der Waals surface area contributed by atoms with E-state index in [-0.39, 0.29) is 11.0 Å². The second-order valence-corrected chi connectivity index (χ2v) is 7.71. The molecular formula is C21H19N3O3S. The number of hydrogen-bond acceptors (Lipinski definition) is 6. The first-order chi connectivity index (χ1) is 13.5. The van der Waals surface area contributed by atoms with Gasteiger partial charge in [0.25, 0.3) is 5.91 Å². The first kappa shape index (κ1) is 18.3. The minimum Gasteiger partial charge on any atom is -0.463 e. The Balaban J connectivity index is 1.78. The SMILES string of the molecule is CN(C)CCN(C(=O)c1coc2ccccc2c1=O)c1nc2ccccc2s1. The summed E-state index contributed by atoms with van der Waals surface area (Å²) in [5, 5.41) is 0.964. The zero-order valence-corrected chi connectivity index (χ0v) is 16.4. The van der Waals surface area contributed by atoms with Crippen LogP contribution in [0.15, 0.2) is 64.0 Å². The van der Waals surface area contributed by atoms with Gasteiger partial charge in [0.1, 0.15) is 17.4 Å². The molecule has 0 bridgehead atoms. The van der Waals surface area contributed by atoms with E-state index < -0.39 is 5.91 Å². The van der Waals surface area contributed by atoms with Crippen LogP contribution in [0.5, 0.6) is 0 Å². The second-order valence-electron chi connectivity index (χ2n) is 6.70. The Bertz CT molecular complexity index is 1180. The summed E-state index contributed by atoms with van der Waals surface area (Å²) < 4.78 is 6.53. The Morgan fingerprint density at radius 1 is 1.07 bits per heavy atom. The molecule has 0 spiro atoms. The lowest BCUT2D eigenvalue weighted by Gasteiger charge is -2.21. The average molecular weight is 393 g/mol.